The van der Waals surface area contributed by atoms with Crippen LogP contribution in [-0.4, -0.2) is 53.1 Å². The third-order valence-corrected chi connectivity index (χ3v) is 4.27. The van der Waals surface area contributed by atoms with Crippen LogP contribution in [0.3, 0.4) is 0 Å². The molecule has 1 aromatic carbocycles. The molecule has 3 rings (SSSR count). The molecule has 0 unspecified atom stereocenters. The van der Waals surface area contributed by atoms with Crippen LogP contribution < -0.4 is 4.90 Å². The molecule has 0 saturated carbocycles. The van der Waals surface area contributed by atoms with Crippen LogP contribution in [0, 0.1) is 5.82 Å². The van der Waals surface area contributed by atoms with Gasteiger partial charge in [0.1, 0.15) is 5.82 Å². The second kappa shape index (κ2) is 6.96. The Bertz CT molecular complexity index is 712. The minimum absolute atomic E-state index is 0.0516. The fourth-order valence-electron chi connectivity index (χ4n) is 2.37. The van der Waals surface area contributed by atoms with E-state index in [1.165, 1.54) is 12.1 Å². The third-order valence-electron chi connectivity index (χ3n) is 3.77. The van der Waals surface area contributed by atoms with Crippen molar-refractivity contribution in [1.82, 2.24) is 19.9 Å². The molecule has 0 atom stereocenters. The lowest BCUT2D eigenvalue weighted by atomic mass is 10.2. The number of hydrogen-bond donors (Lipinski definition) is 0. The molecule has 5 nitrogen and oxygen atoms in total. The van der Waals surface area contributed by atoms with Gasteiger partial charge in [-0.25, -0.2) is 9.37 Å². The molecular weight excluding hydrogens is 376 g/mol. The van der Waals surface area contributed by atoms with E-state index in [2.05, 4.69) is 26.9 Å². The zero-order valence-electron chi connectivity index (χ0n) is 12.9. The van der Waals surface area contributed by atoms with Crippen molar-refractivity contribution in [3.63, 3.8) is 0 Å². The molecular formula is C15H15Cl3FN5. The summed E-state index contributed by atoms with van der Waals surface area (Å²) in [6.45, 7) is 3.31. The molecule has 0 bridgehead atoms. The van der Waals surface area contributed by atoms with Crippen molar-refractivity contribution >= 4 is 40.8 Å². The van der Waals surface area contributed by atoms with Crippen molar-refractivity contribution < 1.29 is 4.39 Å². The largest absolute Gasteiger partial charge is 0.338 e. The van der Waals surface area contributed by atoms with Gasteiger partial charge in [0.15, 0.2) is 11.6 Å². The summed E-state index contributed by atoms with van der Waals surface area (Å²) in [5.41, 5.74) is 0.629. The average molecular weight is 391 g/mol. The maximum Gasteiger partial charge on any atom is 0.250 e. The van der Waals surface area contributed by atoms with E-state index in [1.54, 1.807) is 12.1 Å². The van der Waals surface area contributed by atoms with Gasteiger partial charge >= 0.3 is 0 Å². The zero-order valence-corrected chi connectivity index (χ0v) is 15.2. The first-order valence-corrected chi connectivity index (χ1v) is 8.49. The van der Waals surface area contributed by atoms with Crippen molar-refractivity contribution in [2.24, 2.45) is 0 Å². The second-order valence-electron chi connectivity index (χ2n) is 5.58. The number of halogens is 4. The van der Waals surface area contributed by atoms with Gasteiger partial charge in [-0.1, -0.05) is 34.8 Å². The van der Waals surface area contributed by atoms with Gasteiger partial charge in [-0.05, 0) is 31.3 Å². The van der Waals surface area contributed by atoms with Crippen molar-refractivity contribution in [2.45, 2.75) is 3.79 Å². The maximum absolute atomic E-state index is 13.1. The van der Waals surface area contributed by atoms with Crippen LogP contribution in [0.15, 0.2) is 24.3 Å². The van der Waals surface area contributed by atoms with Crippen LogP contribution in [0.25, 0.3) is 11.4 Å². The van der Waals surface area contributed by atoms with Gasteiger partial charge in [0.05, 0.1) is 0 Å². The van der Waals surface area contributed by atoms with E-state index in [4.69, 9.17) is 34.8 Å². The van der Waals surface area contributed by atoms with Gasteiger partial charge in [-0.3, -0.25) is 0 Å². The van der Waals surface area contributed by atoms with Crippen LogP contribution in [-0.2, 0) is 3.79 Å². The van der Waals surface area contributed by atoms with E-state index in [-0.39, 0.29) is 11.6 Å². The molecule has 2 aromatic rings. The highest BCUT2D eigenvalue weighted by Crippen LogP contribution is 2.37. The van der Waals surface area contributed by atoms with E-state index in [0.717, 1.165) is 26.2 Å². The molecule has 9 heteroatoms. The van der Waals surface area contributed by atoms with E-state index < -0.39 is 3.79 Å². The lowest BCUT2D eigenvalue weighted by Gasteiger charge is -2.32. The molecule has 2 heterocycles. The van der Waals surface area contributed by atoms with Crippen molar-refractivity contribution in [3.8, 4) is 11.4 Å². The van der Waals surface area contributed by atoms with E-state index in [9.17, 15) is 4.39 Å². The molecule has 1 fully saturated rings. The van der Waals surface area contributed by atoms with E-state index in [1.807, 2.05) is 4.90 Å². The maximum atomic E-state index is 13.1. The minimum atomic E-state index is -1.76. The summed E-state index contributed by atoms with van der Waals surface area (Å²) in [6, 6.07) is 5.84. The summed E-state index contributed by atoms with van der Waals surface area (Å²) in [5.74, 6) is 0.517. The van der Waals surface area contributed by atoms with E-state index in [0.29, 0.717) is 17.3 Å². The summed E-state index contributed by atoms with van der Waals surface area (Å²) >= 11 is 17.9. The van der Waals surface area contributed by atoms with Crippen LogP contribution in [0.4, 0.5) is 10.3 Å². The average Bonchev–Trinajstić information content (AvgIpc) is 2.55. The quantitative estimate of drug-likeness (QED) is 0.737. The first-order valence-electron chi connectivity index (χ1n) is 7.35. The number of benzene rings is 1. The third kappa shape index (κ3) is 4.06. The first kappa shape index (κ1) is 17.6. The Labute approximate surface area is 154 Å². The molecule has 24 heavy (non-hydrogen) atoms. The number of anilines is 1. The Balaban J connectivity index is 2.02. The topological polar surface area (TPSA) is 45.2 Å². The highest BCUT2D eigenvalue weighted by molar-refractivity contribution is 6.66. The Morgan fingerprint density at radius 1 is 0.958 bits per heavy atom. The summed E-state index contributed by atoms with van der Waals surface area (Å²) in [7, 11) is 2.06. The fourth-order valence-corrected chi connectivity index (χ4v) is 2.62. The Hall–Kier alpha value is -1.21. The van der Waals surface area contributed by atoms with Gasteiger partial charge in [-0.2, -0.15) is 9.97 Å². The normalized spacial score (nSPS) is 16.5. The van der Waals surface area contributed by atoms with Gasteiger partial charge in [0.25, 0.3) is 0 Å². The summed E-state index contributed by atoms with van der Waals surface area (Å²) in [4.78, 5) is 17.3. The molecule has 0 amide bonds. The monoisotopic (exact) mass is 389 g/mol. The molecule has 0 aliphatic carbocycles. The highest BCUT2D eigenvalue weighted by Gasteiger charge is 2.30. The summed E-state index contributed by atoms with van der Waals surface area (Å²) < 4.78 is 11.4. The minimum Gasteiger partial charge on any atom is -0.338 e. The molecule has 1 aliphatic rings. The Morgan fingerprint density at radius 2 is 1.58 bits per heavy atom. The van der Waals surface area contributed by atoms with Gasteiger partial charge in [-0.15, -0.1) is 0 Å². The SMILES string of the molecule is CN1CCN(c2nc(-c3ccc(F)cc3)nc(C(Cl)(Cl)Cl)n2)CC1. The molecule has 0 radical (unpaired) electrons. The lowest BCUT2D eigenvalue weighted by molar-refractivity contribution is 0.311. The number of piperazine rings is 1. The highest BCUT2D eigenvalue weighted by atomic mass is 35.6. The molecule has 1 saturated heterocycles. The number of hydrogen-bond acceptors (Lipinski definition) is 5. The Kier molecular flexibility index (Phi) is 5.11. The summed E-state index contributed by atoms with van der Waals surface area (Å²) in [6.07, 6.45) is 0. The van der Waals surface area contributed by atoms with Gasteiger partial charge < -0.3 is 9.80 Å². The number of aromatic nitrogens is 3. The molecule has 128 valence electrons. The molecule has 1 aromatic heterocycles. The molecule has 0 spiro atoms. The van der Waals surface area contributed by atoms with Gasteiger partial charge in [0, 0.05) is 31.7 Å². The number of alkyl halides is 3. The number of likely N-dealkylation sites (N-methyl/N-ethyl adjacent to an activating group) is 1. The summed E-state index contributed by atoms with van der Waals surface area (Å²) in [5, 5.41) is 0. The Morgan fingerprint density at radius 3 is 2.17 bits per heavy atom. The molecule has 1 aliphatic heterocycles. The lowest BCUT2D eigenvalue weighted by Crippen LogP contribution is -2.45. The first-order chi connectivity index (χ1) is 11.3. The zero-order chi connectivity index (χ0) is 17.3. The van der Waals surface area contributed by atoms with Crippen LogP contribution in [0.2, 0.25) is 0 Å². The smallest absolute Gasteiger partial charge is 0.250 e. The van der Waals surface area contributed by atoms with Gasteiger partial charge in [0.2, 0.25) is 9.74 Å². The standard InChI is InChI=1S/C15H15Cl3FN5/c1-23-6-8-24(9-7-23)14-21-12(10-2-4-11(19)5-3-10)20-13(22-14)15(16,17)18/h2-5H,6-9H2,1H3. The van der Waals surface area contributed by atoms with Crippen LogP contribution >= 0.6 is 34.8 Å². The molecule has 0 N–H and O–H groups in total. The number of nitrogens with zero attached hydrogens (tertiary/aromatic N) is 5. The van der Waals surface area contributed by atoms with Crippen LogP contribution in [0.5, 0.6) is 0 Å². The number of rotatable bonds is 2. The van der Waals surface area contributed by atoms with Crippen molar-refractivity contribution in [1.29, 1.82) is 0 Å². The van der Waals surface area contributed by atoms with Crippen LogP contribution in [0.1, 0.15) is 5.82 Å². The van der Waals surface area contributed by atoms with Crippen molar-refractivity contribution in [3.05, 3.63) is 35.9 Å². The second-order valence-corrected chi connectivity index (χ2v) is 7.86. The van der Waals surface area contributed by atoms with E-state index >= 15 is 0 Å². The predicted molar refractivity (Wildman–Crippen MR) is 94.2 cm³/mol. The fraction of sp³-hybridized carbons (Fsp3) is 0.400. The van der Waals surface area contributed by atoms with Crippen molar-refractivity contribution in [2.75, 3.05) is 38.1 Å². The predicted octanol–water partition coefficient (Wildman–Crippen LogP) is 3.26.